The van der Waals surface area contributed by atoms with E-state index in [4.69, 9.17) is 9.47 Å². The monoisotopic (exact) mass is 548 g/mol. The highest BCUT2D eigenvalue weighted by Gasteiger charge is 2.26. The van der Waals surface area contributed by atoms with E-state index in [0.717, 1.165) is 19.4 Å². The zero-order valence-corrected chi connectivity index (χ0v) is 22.2. The lowest BCUT2D eigenvalue weighted by Crippen LogP contribution is -2.45. The first-order valence-electron chi connectivity index (χ1n) is 12.7. The SMILES string of the molecule is COc1cc2ccc1Oc1cc(F)cc(c1)CNC(=O)CCCN(C(=O)[C@H]1CCCN1)CCCNC2=O.Cl. The van der Waals surface area contributed by atoms with Crippen LogP contribution in [0.4, 0.5) is 4.39 Å². The Bertz CT molecular complexity index is 1140. The smallest absolute Gasteiger partial charge is 0.251 e. The van der Waals surface area contributed by atoms with Crippen molar-refractivity contribution in [2.24, 2.45) is 0 Å². The van der Waals surface area contributed by atoms with Crippen LogP contribution in [0.2, 0.25) is 0 Å². The maximum Gasteiger partial charge on any atom is 0.251 e. The first-order valence-corrected chi connectivity index (χ1v) is 12.7. The van der Waals surface area contributed by atoms with Gasteiger partial charge in [0.2, 0.25) is 11.8 Å². The highest BCUT2D eigenvalue weighted by atomic mass is 35.5. The molecule has 206 valence electrons. The second-order valence-corrected chi connectivity index (χ2v) is 9.23. The van der Waals surface area contributed by atoms with Gasteiger partial charge in [0.05, 0.1) is 13.2 Å². The summed E-state index contributed by atoms with van der Waals surface area (Å²) in [7, 11) is 1.46. The molecular weight excluding hydrogens is 515 g/mol. The van der Waals surface area contributed by atoms with Gasteiger partial charge in [-0.15, -0.1) is 12.4 Å². The summed E-state index contributed by atoms with van der Waals surface area (Å²) in [5.74, 6) is -0.0570. The van der Waals surface area contributed by atoms with Crippen LogP contribution in [0, 0.1) is 5.82 Å². The van der Waals surface area contributed by atoms with Crippen molar-refractivity contribution in [1.29, 1.82) is 0 Å². The second-order valence-electron chi connectivity index (χ2n) is 9.23. The van der Waals surface area contributed by atoms with Gasteiger partial charge >= 0.3 is 0 Å². The van der Waals surface area contributed by atoms with E-state index in [9.17, 15) is 18.8 Å². The summed E-state index contributed by atoms with van der Waals surface area (Å²) in [4.78, 5) is 40.0. The number of methoxy groups -OCH3 is 1. The van der Waals surface area contributed by atoms with Crippen LogP contribution in [-0.4, -0.2) is 62.0 Å². The molecule has 1 atom stereocenters. The molecule has 5 rings (SSSR count). The van der Waals surface area contributed by atoms with Crippen molar-refractivity contribution in [3.8, 4) is 17.2 Å². The van der Waals surface area contributed by atoms with Crippen molar-refractivity contribution in [3.63, 3.8) is 0 Å². The normalized spacial score (nSPS) is 19.0. The number of halogens is 2. The molecule has 9 nitrogen and oxygen atoms in total. The van der Waals surface area contributed by atoms with Crippen molar-refractivity contribution < 1.29 is 28.2 Å². The van der Waals surface area contributed by atoms with Gasteiger partial charge < -0.3 is 30.3 Å². The molecule has 3 N–H and O–H groups in total. The minimum Gasteiger partial charge on any atom is -0.493 e. The number of hydrogen-bond donors (Lipinski definition) is 3. The molecule has 4 bridgehead atoms. The summed E-state index contributed by atoms with van der Waals surface area (Å²) < 4.78 is 25.5. The number of ether oxygens (including phenoxy) is 2. The third-order valence-electron chi connectivity index (χ3n) is 6.47. The molecule has 3 amide bonds. The molecule has 2 aromatic rings. The lowest BCUT2D eigenvalue weighted by Gasteiger charge is -2.26. The number of carbonyl (C=O) groups is 3. The number of nitrogens with one attached hydrogen (secondary N) is 3. The van der Waals surface area contributed by atoms with E-state index < -0.39 is 5.82 Å². The fourth-order valence-corrected chi connectivity index (χ4v) is 4.54. The van der Waals surface area contributed by atoms with Crippen LogP contribution in [-0.2, 0) is 16.1 Å². The highest BCUT2D eigenvalue weighted by molar-refractivity contribution is 5.94. The molecule has 0 aromatic heterocycles. The summed E-state index contributed by atoms with van der Waals surface area (Å²) in [6, 6.07) is 8.76. The van der Waals surface area contributed by atoms with Gasteiger partial charge in [0.15, 0.2) is 11.5 Å². The van der Waals surface area contributed by atoms with Crippen molar-refractivity contribution in [2.75, 3.05) is 33.3 Å². The average Bonchev–Trinajstić information content (AvgIpc) is 3.43. The van der Waals surface area contributed by atoms with E-state index in [-0.39, 0.29) is 54.9 Å². The fourth-order valence-electron chi connectivity index (χ4n) is 4.54. The molecule has 0 spiro atoms. The van der Waals surface area contributed by atoms with Crippen molar-refractivity contribution in [1.82, 2.24) is 20.9 Å². The van der Waals surface area contributed by atoms with Gasteiger partial charge in [0.25, 0.3) is 5.91 Å². The topological polar surface area (TPSA) is 109 Å². The number of nitrogens with zero attached hydrogens (tertiary/aromatic N) is 1. The van der Waals surface area contributed by atoms with E-state index in [2.05, 4.69) is 16.0 Å². The maximum absolute atomic E-state index is 14.3. The van der Waals surface area contributed by atoms with Gasteiger partial charge in [0.1, 0.15) is 11.6 Å². The second kappa shape index (κ2) is 14.0. The summed E-state index contributed by atoms with van der Waals surface area (Å²) in [6.07, 6.45) is 3.07. The van der Waals surface area contributed by atoms with Gasteiger partial charge in [-0.2, -0.15) is 0 Å². The molecule has 3 heterocycles. The van der Waals surface area contributed by atoms with Crippen LogP contribution in [0.5, 0.6) is 17.2 Å². The Balaban J connectivity index is 0.00000400. The molecule has 2 aromatic carbocycles. The van der Waals surface area contributed by atoms with Crippen LogP contribution in [0.25, 0.3) is 0 Å². The van der Waals surface area contributed by atoms with Gasteiger partial charge in [-0.05, 0) is 68.1 Å². The Morgan fingerprint density at radius 1 is 1.05 bits per heavy atom. The van der Waals surface area contributed by atoms with Gasteiger partial charge in [-0.25, -0.2) is 4.39 Å². The maximum atomic E-state index is 14.3. The van der Waals surface area contributed by atoms with E-state index in [1.807, 2.05) is 0 Å². The molecule has 1 fully saturated rings. The van der Waals surface area contributed by atoms with Gasteiger partial charge in [-0.3, -0.25) is 14.4 Å². The minimum absolute atomic E-state index is 0. The first kappa shape index (κ1) is 29.2. The van der Waals surface area contributed by atoms with Crippen LogP contribution in [0.15, 0.2) is 36.4 Å². The zero-order chi connectivity index (χ0) is 26.2. The standard InChI is InChI=1S/C27H33FN4O5.ClH/c1-36-24-15-19-7-8-23(24)37-21-14-18(13-20(28)16-21)17-31-25(33)6-3-11-32(12-4-10-30-26(19)34)27(35)22-5-2-9-29-22;/h7-8,13-16,22,29H,2-6,9-12,17H2,1H3,(H,30,34)(H,31,33);1H/t22-;/m1./s1. The summed E-state index contributed by atoms with van der Waals surface area (Å²) >= 11 is 0. The molecule has 38 heavy (non-hydrogen) atoms. The van der Waals surface area contributed by atoms with E-state index in [0.29, 0.717) is 55.1 Å². The molecule has 3 aliphatic rings. The highest BCUT2D eigenvalue weighted by Crippen LogP contribution is 2.33. The molecular formula is C27H34ClFN4O5. The number of rotatable bonds is 2. The number of hydrogen-bond acceptors (Lipinski definition) is 6. The van der Waals surface area contributed by atoms with E-state index >= 15 is 0 Å². The Morgan fingerprint density at radius 2 is 1.87 bits per heavy atom. The number of carbonyl (C=O) groups excluding carboxylic acids is 3. The summed E-state index contributed by atoms with van der Waals surface area (Å²) in [6.45, 7) is 2.25. The fraction of sp³-hybridized carbons (Fsp3) is 0.444. The molecule has 0 saturated carbocycles. The minimum atomic E-state index is -0.506. The van der Waals surface area contributed by atoms with Gasteiger partial charge in [-0.1, -0.05) is 0 Å². The first-order chi connectivity index (χ1) is 17.9. The Hall–Kier alpha value is -3.37. The van der Waals surface area contributed by atoms with Crippen molar-refractivity contribution in [3.05, 3.63) is 53.3 Å². The van der Waals surface area contributed by atoms with Crippen LogP contribution >= 0.6 is 12.4 Å². The Morgan fingerprint density at radius 3 is 2.63 bits per heavy atom. The molecule has 0 aliphatic carbocycles. The predicted molar refractivity (Wildman–Crippen MR) is 142 cm³/mol. The zero-order valence-electron chi connectivity index (χ0n) is 21.4. The van der Waals surface area contributed by atoms with Crippen LogP contribution in [0.1, 0.15) is 48.0 Å². The number of benzene rings is 2. The molecule has 0 unspecified atom stereocenters. The molecule has 11 heteroatoms. The molecule has 1 saturated heterocycles. The third kappa shape index (κ3) is 7.82. The largest absolute Gasteiger partial charge is 0.493 e. The number of fused-ring (bicyclic) bond motifs is 13. The average molecular weight is 549 g/mol. The third-order valence-corrected chi connectivity index (χ3v) is 6.47. The van der Waals surface area contributed by atoms with E-state index in [1.165, 1.54) is 19.2 Å². The Kier molecular flexibility index (Phi) is 10.7. The molecule has 0 radical (unpaired) electrons. The van der Waals surface area contributed by atoms with Crippen molar-refractivity contribution >= 4 is 30.1 Å². The summed E-state index contributed by atoms with van der Waals surface area (Å²) in [5.41, 5.74) is 0.932. The van der Waals surface area contributed by atoms with Crippen LogP contribution < -0.4 is 25.4 Å². The number of amides is 3. The van der Waals surface area contributed by atoms with Crippen LogP contribution in [0.3, 0.4) is 0 Å². The van der Waals surface area contributed by atoms with E-state index in [1.54, 1.807) is 29.2 Å². The van der Waals surface area contributed by atoms with Crippen molar-refractivity contribution in [2.45, 2.75) is 44.7 Å². The summed E-state index contributed by atoms with van der Waals surface area (Å²) in [5, 5.41) is 8.93. The Labute approximate surface area is 227 Å². The quantitative estimate of drug-likeness (QED) is 0.532. The lowest BCUT2D eigenvalue weighted by atomic mass is 10.1. The van der Waals surface area contributed by atoms with Gasteiger partial charge in [0, 0.05) is 44.2 Å². The lowest BCUT2D eigenvalue weighted by molar-refractivity contribution is -0.133. The molecule has 3 aliphatic heterocycles. The predicted octanol–water partition coefficient (Wildman–Crippen LogP) is 3.16.